The Balaban J connectivity index is 1.45. The van der Waals surface area contributed by atoms with Gasteiger partial charge in [0.25, 0.3) is 0 Å². The molecule has 7 heteroatoms. The monoisotopic (exact) mass is 416 g/mol. The van der Waals surface area contributed by atoms with Crippen molar-refractivity contribution in [1.82, 2.24) is 5.32 Å². The van der Waals surface area contributed by atoms with Crippen molar-refractivity contribution in [2.24, 2.45) is 0 Å². The van der Waals surface area contributed by atoms with Gasteiger partial charge in [0.05, 0.1) is 14.2 Å². The number of thiophene rings is 1. The number of nitrogens with one attached hydrogen (secondary N) is 1. The minimum Gasteiger partial charge on any atom is -0.497 e. The van der Waals surface area contributed by atoms with Crippen LogP contribution in [0.25, 0.3) is 0 Å². The molecule has 2 aromatic rings. The molecule has 0 aliphatic carbocycles. The van der Waals surface area contributed by atoms with Crippen molar-refractivity contribution in [3.63, 3.8) is 0 Å². The van der Waals surface area contributed by atoms with Gasteiger partial charge >= 0.3 is 6.09 Å². The summed E-state index contributed by atoms with van der Waals surface area (Å²) in [5.74, 6) is 1.51. The number of hydrogen-bond acceptors (Lipinski definition) is 6. The van der Waals surface area contributed by atoms with Gasteiger partial charge in [-0.2, -0.15) is 0 Å². The first-order valence-electron chi connectivity index (χ1n) is 10.0. The molecule has 2 atom stereocenters. The van der Waals surface area contributed by atoms with Gasteiger partial charge in [-0.15, -0.1) is 11.3 Å². The highest BCUT2D eigenvalue weighted by Gasteiger charge is 2.36. The average Bonchev–Trinajstić information content (AvgIpc) is 3.32. The van der Waals surface area contributed by atoms with E-state index in [0.29, 0.717) is 18.5 Å². The van der Waals surface area contributed by atoms with Gasteiger partial charge in [-0.25, -0.2) is 4.79 Å². The zero-order valence-electron chi connectivity index (χ0n) is 17.1. The molecule has 1 N–H and O–H groups in total. The van der Waals surface area contributed by atoms with Crippen LogP contribution in [0.2, 0.25) is 0 Å². The summed E-state index contributed by atoms with van der Waals surface area (Å²) in [7, 11) is 5.08. The largest absolute Gasteiger partial charge is 0.497 e. The smallest absolute Gasteiger partial charge is 0.414 e. The average molecular weight is 417 g/mol. The highest BCUT2D eigenvalue weighted by atomic mass is 32.1. The van der Waals surface area contributed by atoms with Crippen molar-refractivity contribution in [2.45, 2.75) is 50.3 Å². The molecular formula is C22H28N2O4S. The molecule has 0 radical (unpaired) electrons. The van der Waals surface area contributed by atoms with Gasteiger partial charge < -0.3 is 19.5 Å². The molecule has 2 aliphatic rings. The summed E-state index contributed by atoms with van der Waals surface area (Å²) >= 11 is 1.55. The molecule has 2 unspecified atom stereocenters. The lowest BCUT2D eigenvalue weighted by atomic mass is 10.0. The summed E-state index contributed by atoms with van der Waals surface area (Å²) in [6.45, 7) is 0. The van der Waals surface area contributed by atoms with Gasteiger partial charge in [0.15, 0.2) is 0 Å². The third kappa shape index (κ3) is 4.51. The fourth-order valence-electron chi connectivity index (χ4n) is 4.35. The molecule has 4 rings (SSSR count). The molecule has 156 valence electrons. The lowest BCUT2D eigenvalue weighted by Gasteiger charge is -2.30. The minimum absolute atomic E-state index is 0.00904. The number of rotatable bonds is 6. The van der Waals surface area contributed by atoms with Crippen molar-refractivity contribution >= 4 is 22.4 Å². The maximum Gasteiger partial charge on any atom is 0.414 e. The first kappa shape index (κ1) is 20.0. The van der Waals surface area contributed by atoms with Gasteiger partial charge in [-0.05, 0) is 60.4 Å². The molecule has 0 saturated carbocycles. The Morgan fingerprint density at radius 3 is 2.41 bits per heavy atom. The molecule has 1 aromatic carbocycles. The lowest BCUT2D eigenvalue weighted by Crippen LogP contribution is -2.43. The van der Waals surface area contributed by atoms with Crippen LogP contribution in [0.15, 0.2) is 29.6 Å². The number of amides is 1. The Hall–Kier alpha value is -2.25. The number of nitrogens with zero attached hydrogens (tertiary/aromatic N) is 1. The number of methoxy groups -OCH3 is 2. The Bertz CT molecular complexity index is 834. The highest BCUT2D eigenvalue weighted by Crippen LogP contribution is 2.33. The summed E-state index contributed by atoms with van der Waals surface area (Å²) in [5, 5.41) is 6.50. The molecule has 0 spiro atoms. The fraction of sp³-hybridized carbons (Fsp3) is 0.500. The second kappa shape index (κ2) is 8.63. The fourth-order valence-corrected chi connectivity index (χ4v) is 5.24. The summed E-state index contributed by atoms with van der Waals surface area (Å²) in [6.07, 6.45) is 4.62. The van der Waals surface area contributed by atoms with Gasteiger partial charge in [-0.1, -0.05) is 0 Å². The van der Waals surface area contributed by atoms with Gasteiger partial charge in [0, 0.05) is 31.6 Å². The van der Waals surface area contributed by atoms with Crippen LogP contribution < -0.4 is 19.7 Å². The zero-order chi connectivity index (χ0) is 20.4. The van der Waals surface area contributed by atoms with Gasteiger partial charge in [0.2, 0.25) is 0 Å². The molecule has 2 saturated heterocycles. The number of fused-ring (bicyclic) bond motifs is 2. The molecule has 1 aromatic heterocycles. The Kier molecular flexibility index (Phi) is 5.96. The van der Waals surface area contributed by atoms with E-state index in [1.807, 2.05) is 23.6 Å². The molecule has 2 aliphatic heterocycles. The van der Waals surface area contributed by atoms with Crippen LogP contribution in [0.3, 0.4) is 0 Å². The zero-order valence-corrected chi connectivity index (χ0v) is 18.0. The Labute approximate surface area is 175 Å². The second-order valence-corrected chi connectivity index (χ2v) is 8.72. The van der Waals surface area contributed by atoms with E-state index in [2.05, 4.69) is 11.4 Å². The van der Waals surface area contributed by atoms with E-state index in [1.165, 1.54) is 12.8 Å². The van der Waals surface area contributed by atoms with E-state index in [4.69, 9.17) is 14.2 Å². The summed E-state index contributed by atoms with van der Waals surface area (Å²) in [5.41, 5.74) is 2.15. The number of carbonyl (C=O) groups is 1. The van der Waals surface area contributed by atoms with Gasteiger partial charge in [-0.3, -0.25) is 4.90 Å². The number of piperidine rings is 1. The highest BCUT2D eigenvalue weighted by molar-refractivity contribution is 7.14. The number of carbonyl (C=O) groups excluding carboxylic acids is 1. The van der Waals surface area contributed by atoms with Crippen LogP contribution in [-0.4, -0.2) is 45.5 Å². The maximum absolute atomic E-state index is 12.8. The molecular weight excluding hydrogens is 388 g/mol. The van der Waals surface area contributed by atoms with E-state index >= 15 is 0 Å². The first-order valence-corrected chi connectivity index (χ1v) is 10.9. The lowest BCUT2D eigenvalue weighted by molar-refractivity contribution is 0.0731. The van der Waals surface area contributed by atoms with Crippen molar-refractivity contribution in [3.05, 3.63) is 40.8 Å². The van der Waals surface area contributed by atoms with Gasteiger partial charge in [0.1, 0.15) is 22.6 Å². The van der Waals surface area contributed by atoms with Crippen LogP contribution >= 0.6 is 11.3 Å². The number of ether oxygens (including phenoxy) is 3. The summed E-state index contributed by atoms with van der Waals surface area (Å²) in [4.78, 5) is 14.4. The van der Waals surface area contributed by atoms with E-state index in [-0.39, 0.29) is 12.2 Å². The van der Waals surface area contributed by atoms with Crippen LogP contribution in [-0.2, 0) is 11.2 Å². The Morgan fingerprint density at radius 1 is 1.14 bits per heavy atom. The molecule has 2 bridgehead atoms. The first-order chi connectivity index (χ1) is 14.1. The number of benzene rings is 1. The van der Waals surface area contributed by atoms with Crippen molar-refractivity contribution in [1.29, 1.82) is 0 Å². The van der Waals surface area contributed by atoms with E-state index < -0.39 is 0 Å². The Morgan fingerprint density at radius 2 is 1.79 bits per heavy atom. The van der Waals surface area contributed by atoms with Crippen LogP contribution in [0.1, 0.15) is 36.8 Å². The van der Waals surface area contributed by atoms with Crippen LogP contribution in [0, 0.1) is 0 Å². The van der Waals surface area contributed by atoms with Crippen LogP contribution in [0.4, 0.5) is 9.80 Å². The molecule has 6 nitrogen and oxygen atoms in total. The third-order valence-corrected chi connectivity index (χ3v) is 6.84. The molecule has 3 heterocycles. The topological polar surface area (TPSA) is 60.0 Å². The molecule has 1 amide bonds. The minimum atomic E-state index is -0.275. The van der Waals surface area contributed by atoms with Crippen molar-refractivity contribution in [3.8, 4) is 11.5 Å². The van der Waals surface area contributed by atoms with E-state index in [9.17, 15) is 4.79 Å². The second-order valence-electron chi connectivity index (χ2n) is 7.82. The predicted octanol–water partition coefficient (Wildman–Crippen LogP) is 4.21. The molecule has 2 fully saturated rings. The van der Waals surface area contributed by atoms with Crippen LogP contribution in [0.5, 0.6) is 11.5 Å². The third-order valence-electron chi connectivity index (χ3n) is 5.81. The quantitative estimate of drug-likeness (QED) is 0.764. The maximum atomic E-state index is 12.8. The number of hydrogen-bond donors (Lipinski definition) is 1. The summed E-state index contributed by atoms with van der Waals surface area (Å²) in [6, 6.07) is 8.89. The van der Waals surface area contributed by atoms with E-state index in [1.54, 1.807) is 37.5 Å². The number of anilines is 1. The predicted molar refractivity (Wildman–Crippen MR) is 115 cm³/mol. The summed E-state index contributed by atoms with van der Waals surface area (Å²) < 4.78 is 16.6. The molecule has 29 heavy (non-hydrogen) atoms. The van der Waals surface area contributed by atoms with E-state index in [0.717, 1.165) is 40.5 Å². The normalized spacial score (nSPS) is 22.9. The standard InChI is InChI=1S/C22H28N2O4S/c1-24(22(25)28-20-11-16-4-5-17(12-20)23-16)21-15(6-7-29-21)8-14-9-18(26-2)13-19(10-14)27-3/h6-7,9-10,13,16-17,20,23H,4-5,8,11-12H2,1-3H3. The van der Waals surface area contributed by atoms with Crippen molar-refractivity contribution in [2.75, 3.05) is 26.2 Å². The van der Waals surface area contributed by atoms with Crippen molar-refractivity contribution < 1.29 is 19.0 Å². The SMILES string of the molecule is COc1cc(Cc2ccsc2N(C)C(=O)OC2CC3CCC(C2)N3)cc(OC)c1.